The van der Waals surface area contributed by atoms with E-state index in [0.29, 0.717) is 0 Å². The Bertz CT molecular complexity index is 1110. The Morgan fingerprint density at radius 2 is 1.93 bits per heavy atom. The van der Waals surface area contributed by atoms with Crippen molar-refractivity contribution in [1.82, 2.24) is 4.72 Å². The molecule has 0 aliphatic heterocycles. The van der Waals surface area contributed by atoms with Gasteiger partial charge in [-0.1, -0.05) is 0 Å². The molecule has 0 radical (unpaired) electrons. The first-order valence-electron chi connectivity index (χ1n) is 7.87. The Balaban J connectivity index is 1.90. The van der Waals surface area contributed by atoms with Gasteiger partial charge in [0.05, 0.1) is 15.4 Å². The Hall–Kier alpha value is -3.56. The molecule has 0 atom stereocenters. The molecule has 1 aromatic carbocycles. The molecule has 2 rings (SSSR count). The maximum absolute atomic E-state index is 12.2. The van der Waals surface area contributed by atoms with Gasteiger partial charge in [-0.3, -0.25) is 24.5 Å². The molecule has 0 bridgehead atoms. The zero-order chi connectivity index (χ0) is 22.5. The summed E-state index contributed by atoms with van der Waals surface area (Å²) in [6.07, 6.45) is 0. The van der Waals surface area contributed by atoms with Gasteiger partial charge >= 0.3 is 5.97 Å². The summed E-state index contributed by atoms with van der Waals surface area (Å²) in [5.74, 6) is -2.61. The van der Waals surface area contributed by atoms with Gasteiger partial charge in [0.15, 0.2) is 6.61 Å². The Kier molecular flexibility index (Phi) is 7.04. The van der Waals surface area contributed by atoms with Gasteiger partial charge in [-0.25, -0.2) is 8.42 Å². The number of sulfonamides is 1. The molecule has 0 spiro atoms. The van der Waals surface area contributed by atoms with Crippen LogP contribution in [0.2, 0.25) is 0 Å². The number of nitrogen functional groups attached to an aromatic ring is 1. The number of nitro groups is 1. The number of hydrogen-bond donors (Lipinski definition) is 4. The minimum absolute atomic E-state index is 0.0880. The molecule has 0 saturated heterocycles. The van der Waals surface area contributed by atoms with Crippen molar-refractivity contribution < 1.29 is 32.5 Å². The van der Waals surface area contributed by atoms with Gasteiger partial charge in [0, 0.05) is 6.07 Å². The second-order valence-electron chi connectivity index (χ2n) is 5.54. The molecular formula is C15H15N5O8S2. The van der Waals surface area contributed by atoms with E-state index >= 15 is 0 Å². The number of thiophene rings is 1. The van der Waals surface area contributed by atoms with Crippen molar-refractivity contribution in [3.8, 4) is 0 Å². The van der Waals surface area contributed by atoms with Crippen molar-refractivity contribution in [2.75, 3.05) is 24.2 Å². The third kappa shape index (κ3) is 5.72. The highest BCUT2D eigenvalue weighted by molar-refractivity contribution is 7.89. The fourth-order valence-electron chi connectivity index (χ4n) is 2.05. The monoisotopic (exact) mass is 457 g/mol. The highest BCUT2D eigenvalue weighted by Crippen LogP contribution is 2.24. The number of nitrogens with one attached hydrogen (secondary N) is 2. The van der Waals surface area contributed by atoms with Crippen LogP contribution < -0.4 is 21.5 Å². The minimum Gasteiger partial charge on any atom is -0.455 e. The first-order chi connectivity index (χ1) is 14.0. The topological polar surface area (TPSA) is 214 Å². The fourth-order valence-corrected chi connectivity index (χ4v) is 3.84. The Morgan fingerprint density at radius 1 is 1.23 bits per heavy atom. The number of carbonyl (C=O) groups excluding carboxylic acids is 3. The molecule has 1 aromatic heterocycles. The third-order valence-corrected chi connectivity index (χ3v) is 5.69. The first kappa shape index (κ1) is 22.7. The number of ether oxygens (including phenoxy) is 1. The summed E-state index contributed by atoms with van der Waals surface area (Å²) in [6, 6.07) is 4.22. The molecule has 0 aliphatic carbocycles. The summed E-state index contributed by atoms with van der Waals surface area (Å²) in [5, 5.41) is 14.9. The van der Waals surface area contributed by atoms with Crippen LogP contribution in [-0.4, -0.2) is 44.3 Å². The molecule has 0 aliphatic rings. The molecule has 2 aromatic rings. The van der Waals surface area contributed by atoms with E-state index in [1.807, 2.05) is 4.72 Å². The normalized spacial score (nSPS) is 10.9. The predicted molar refractivity (Wildman–Crippen MR) is 105 cm³/mol. The molecule has 15 heteroatoms. The van der Waals surface area contributed by atoms with Crippen molar-refractivity contribution in [3.63, 3.8) is 0 Å². The molecule has 6 N–H and O–H groups in total. The summed E-state index contributed by atoms with van der Waals surface area (Å²) >= 11 is 1.03. The van der Waals surface area contributed by atoms with Crippen LogP contribution in [0.15, 0.2) is 34.5 Å². The summed E-state index contributed by atoms with van der Waals surface area (Å²) in [4.78, 5) is 44.2. The van der Waals surface area contributed by atoms with Crippen molar-refractivity contribution >= 4 is 55.5 Å². The lowest BCUT2D eigenvalue weighted by Gasteiger charge is -2.08. The van der Waals surface area contributed by atoms with E-state index in [-0.39, 0.29) is 16.3 Å². The van der Waals surface area contributed by atoms with Gasteiger partial charge in [0.25, 0.3) is 17.5 Å². The van der Waals surface area contributed by atoms with Gasteiger partial charge in [-0.2, -0.15) is 4.72 Å². The molecule has 1 heterocycles. The Morgan fingerprint density at radius 3 is 2.57 bits per heavy atom. The van der Waals surface area contributed by atoms with Crippen LogP contribution in [0.1, 0.15) is 10.4 Å². The number of hydrogen-bond acceptors (Lipinski definition) is 10. The van der Waals surface area contributed by atoms with E-state index in [4.69, 9.17) is 11.5 Å². The zero-order valence-electron chi connectivity index (χ0n) is 15.0. The van der Waals surface area contributed by atoms with Gasteiger partial charge in [0.2, 0.25) is 10.0 Å². The van der Waals surface area contributed by atoms with Crippen LogP contribution in [-0.2, 0) is 24.3 Å². The van der Waals surface area contributed by atoms with Gasteiger partial charge in [-0.05, 0) is 23.6 Å². The molecule has 0 fully saturated rings. The van der Waals surface area contributed by atoms with Gasteiger partial charge in [0.1, 0.15) is 17.2 Å². The van der Waals surface area contributed by atoms with Crippen LogP contribution in [0.25, 0.3) is 0 Å². The van der Waals surface area contributed by atoms with Crippen LogP contribution in [0.4, 0.5) is 16.4 Å². The molecule has 160 valence electrons. The number of amides is 2. The molecule has 30 heavy (non-hydrogen) atoms. The zero-order valence-corrected chi connectivity index (χ0v) is 16.6. The number of benzene rings is 1. The highest BCUT2D eigenvalue weighted by Gasteiger charge is 2.21. The smallest absolute Gasteiger partial charge is 0.321 e. The summed E-state index contributed by atoms with van der Waals surface area (Å²) in [7, 11) is -4.28. The predicted octanol–water partition coefficient (Wildman–Crippen LogP) is -0.202. The van der Waals surface area contributed by atoms with Crippen molar-refractivity contribution in [2.24, 2.45) is 5.73 Å². The lowest BCUT2D eigenvalue weighted by Crippen LogP contribution is -2.32. The lowest BCUT2D eigenvalue weighted by molar-refractivity contribution is -0.384. The summed E-state index contributed by atoms with van der Waals surface area (Å²) in [5.41, 5.74) is 9.80. The molecule has 0 saturated carbocycles. The SMILES string of the molecule is NC(=O)c1ccsc1NC(=O)COC(=O)CNS(=O)(=O)c1ccc(N)c([N+](=O)[O-])c1. The van der Waals surface area contributed by atoms with Crippen molar-refractivity contribution in [1.29, 1.82) is 0 Å². The highest BCUT2D eigenvalue weighted by atomic mass is 32.2. The van der Waals surface area contributed by atoms with Crippen LogP contribution >= 0.6 is 11.3 Å². The molecular weight excluding hydrogens is 442 g/mol. The second kappa shape index (κ2) is 9.29. The van der Waals surface area contributed by atoms with Gasteiger partial charge < -0.3 is 21.5 Å². The van der Waals surface area contributed by atoms with Crippen LogP contribution in [0, 0.1) is 10.1 Å². The van der Waals surface area contributed by atoms with Crippen LogP contribution in [0.5, 0.6) is 0 Å². The van der Waals surface area contributed by atoms with Gasteiger partial charge in [-0.15, -0.1) is 11.3 Å². The van der Waals surface area contributed by atoms with E-state index in [2.05, 4.69) is 10.1 Å². The summed E-state index contributed by atoms with van der Waals surface area (Å²) < 4.78 is 30.9. The average Bonchev–Trinajstić information content (AvgIpc) is 3.13. The number of nitro benzene ring substituents is 1. The Labute approximate surface area is 173 Å². The number of carbonyl (C=O) groups is 3. The number of nitrogens with two attached hydrogens (primary N) is 2. The third-order valence-electron chi connectivity index (χ3n) is 3.46. The summed E-state index contributed by atoms with van der Waals surface area (Å²) in [6.45, 7) is -1.58. The number of anilines is 2. The van der Waals surface area contributed by atoms with E-state index < -0.39 is 56.5 Å². The molecule has 2 amide bonds. The van der Waals surface area contributed by atoms with E-state index in [1.165, 1.54) is 11.4 Å². The number of nitrogens with zero attached hydrogens (tertiary/aromatic N) is 1. The first-order valence-corrected chi connectivity index (χ1v) is 10.2. The van der Waals surface area contributed by atoms with Crippen LogP contribution in [0.3, 0.4) is 0 Å². The molecule has 0 unspecified atom stereocenters. The quantitative estimate of drug-likeness (QED) is 0.169. The van der Waals surface area contributed by atoms with E-state index in [9.17, 15) is 32.9 Å². The fraction of sp³-hybridized carbons (Fsp3) is 0.133. The standard InChI is InChI=1S/C15H15N5O8S2/c16-10-2-1-8(5-11(10)20(24)25)30(26,27)18-6-13(22)28-7-12(21)19-15-9(14(17)23)3-4-29-15/h1-5,18H,6-7,16H2,(H2,17,23)(H,19,21). The maximum atomic E-state index is 12.2. The molecule has 13 nitrogen and oxygen atoms in total. The maximum Gasteiger partial charge on any atom is 0.321 e. The average molecular weight is 457 g/mol. The van der Waals surface area contributed by atoms with Crippen molar-refractivity contribution in [3.05, 3.63) is 45.3 Å². The largest absolute Gasteiger partial charge is 0.455 e. The van der Waals surface area contributed by atoms with E-state index in [1.54, 1.807) is 0 Å². The number of rotatable bonds is 9. The lowest BCUT2D eigenvalue weighted by atomic mass is 10.3. The van der Waals surface area contributed by atoms with E-state index in [0.717, 1.165) is 29.5 Å². The minimum atomic E-state index is -4.28. The number of primary amides is 1. The second-order valence-corrected chi connectivity index (χ2v) is 8.22. The van der Waals surface area contributed by atoms with Crippen molar-refractivity contribution in [2.45, 2.75) is 4.90 Å². The number of esters is 1.